The van der Waals surface area contributed by atoms with Crippen LogP contribution < -0.4 is 5.32 Å². The normalized spacial score (nSPS) is 11.2. The lowest BCUT2D eigenvalue weighted by molar-refractivity contribution is -0.0989. The standard InChI is InChI=1S/C15H18FNO2S/c1-18-15(19-2)10-17-9-11-5-6-13(16)12(8-11)14-4-3-7-20-14/h3-8,15,17H,9-10H2,1-2H3. The van der Waals surface area contributed by atoms with Gasteiger partial charge in [-0.1, -0.05) is 12.1 Å². The molecule has 0 aliphatic rings. The molecule has 0 amide bonds. The van der Waals surface area contributed by atoms with Gasteiger partial charge in [-0.15, -0.1) is 11.3 Å². The lowest BCUT2D eigenvalue weighted by Crippen LogP contribution is -2.29. The second-order valence-electron chi connectivity index (χ2n) is 4.32. The van der Waals surface area contributed by atoms with Crippen molar-refractivity contribution < 1.29 is 13.9 Å². The minimum atomic E-state index is -0.271. The van der Waals surface area contributed by atoms with E-state index < -0.39 is 0 Å². The molecule has 5 heteroatoms. The van der Waals surface area contributed by atoms with Crippen LogP contribution in [-0.4, -0.2) is 27.1 Å². The van der Waals surface area contributed by atoms with Gasteiger partial charge >= 0.3 is 0 Å². The summed E-state index contributed by atoms with van der Waals surface area (Å²) in [5, 5.41) is 5.17. The monoisotopic (exact) mass is 295 g/mol. The first-order valence-corrected chi connectivity index (χ1v) is 7.21. The van der Waals surface area contributed by atoms with E-state index in [4.69, 9.17) is 9.47 Å². The molecule has 1 N–H and O–H groups in total. The van der Waals surface area contributed by atoms with Crippen LogP contribution in [0.1, 0.15) is 5.56 Å². The van der Waals surface area contributed by atoms with E-state index in [2.05, 4.69) is 5.32 Å². The molecular weight excluding hydrogens is 277 g/mol. The third kappa shape index (κ3) is 3.86. The SMILES string of the molecule is COC(CNCc1ccc(F)c(-c2cccs2)c1)OC. The fraction of sp³-hybridized carbons (Fsp3) is 0.333. The Morgan fingerprint density at radius 3 is 2.70 bits per heavy atom. The zero-order valence-electron chi connectivity index (χ0n) is 11.6. The molecule has 1 aromatic heterocycles. The van der Waals surface area contributed by atoms with Crippen molar-refractivity contribution in [2.75, 3.05) is 20.8 Å². The molecule has 1 heterocycles. The predicted octanol–water partition coefficient (Wildman–Crippen LogP) is 3.26. The van der Waals surface area contributed by atoms with Gasteiger partial charge < -0.3 is 14.8 Å². The van der Waals surface area contributed by atoms with Crippen LogP contribution in [0.5, 0.6) is 0 Å². The summed E-state index contributed by atoms with van der Waals surface area (Å²) in [6.07, 6.45) is -0.271. The molecular formula is C15H18FNO2S. The minimum absolute atomic E-state index is 0.192. The zero-order chi connectivity index (χ0) is 14.4. The van der Waals surface area contributed by atoms with Crippen molar-refractivity contribution in [3.63, 3.8) is 0 Å². The molecule has 0 saturated carbocycles. The molecule has 0 saturated heterocycles. The van der Waals surface area contributed by atoms with E-state index in [9.17, 15) is 4.39 Å². The fourth-order valence-electron chi connectivity index (χ4n) is 1.90. The first-order valence-electron chi connectivity index (χ1n) is 6.33. The average molecular weight is 295 g/mol. The number of hydrogen-bond donors (Lipinski definition) is 1. The first kappa shape index (κ1) is 15.1. The smallest absolute Gasteiger partial charge is 0.169 e. The summed E-state index contributed by atoms with van der Waals surface area (Å²) >= 11 is 1.53. The fourth-order valence-corrected chi connectivity index (χ4v) is 2.64. The van der Waals surface area contributed by atoms with Crippen LogP contribution in [0, 0.1) is 5.82 Å². The zero-order valence-corrected chi connectivity index (χ0v) is 12.4. The van der Waals surface area contributed by atoms with Crippen molar-refractivity contribution in [2.24, 2.45) is 0 Å². The van der Waals surface area contributed by atoms with E-state index in [0.29, 0.717) is 18.7 Å². The first-order chi connectivity index (χ1) is 9.74. The highest BCUT2D eigenvalue weighted by molar-refractivity contribution is 7.13. The van der Waals surface area contributed by atoms with Crippen molar-refractivity contribution in [1.82, 2.24) is 5.32 Å². The van der Waals surface area contributed by atoms with Crippen LogP contribution >= 0.6 is 11.3 Å². The second-order valence-corrected chi connectivity index (χ2v) is 5.27. The van der Waals surface area contributed by atoms with Crippen molar-refractivity contribution >= 4 is 11.3 Å². The number of halogens is 1. The minimum Gasteiger partial charge on any atom is -0.355 e. The van der Waals surface area contributed by atoms with E-state index in [0.717, 1.165) is 10.4 Å². The van der Waals surface area contributed by atoms with Gasteiger partial charge in [0.15, 0.2) is 6.29 Å². The van der Waals surface area contributed by atoms with Gasteiger partial charge in [0.25, 0.3) is 0 Å². The van der Waals surface area contributed by atoms with E-state index in [1.807, 2.05) is 23.6 Å². The molecule has 1 aromatic carbocycles. The Labute approximate surface area is 122 Å². The summed E-state index contributed by atoms with van der Waals surface area (Å²) in [5.41, 5.74) is 1.68. The maximum atomic E-state index is 13.8. The van der Waals surface area contributed by atoms with E-state index in [-0.39, 0.29) is 12.1 Å². The Kier molecular flexibility index (Phi) is 5.67. The Balaban J connectivity index is 2.01. The Morgan fingerprint density at radius 2 is 2.05 bits per heavy atom. The highest BCUT2D eigenvalue weighted by Gasteiger charge is 2.08. The van der Waals surface area contributed by atoms with Crippen LogP contribution in [0.15, 0.2) is 35.7 Å². The number of rotatable bonds is 7. The summed E-state index contributed by atoms with van der Waals surface area (Å²) in [6, 6.07) is 9.02. The molecule has 0 bridgehead atoms. The number of ether oxygens (including phenoxy) is 2. The maximum absolute atomic E-state index is 13.8. The molecule has 2 aromatic rings. The summed E-state index contributed by atoms with van der Waals surface area (Å²) in [5.74, 6) is -0.192. The molecule has 3 nitrogen and oxygen atoms in total. The van der Waals surface area contributed by atoms with Gasteiger partial charge in [0, 0.05) is 37.7 Å². The second kappa shape index (κ2) is 7.50. The van der Waals surface area contributed by atoms with Crippen molar-refractivity contribution in [3.05, 3.63) is 47.1 Å². The molecule has 108 valence electrons. The Morgan fingerprint density at radius 1 is 1.25 bits per heavy atom. The average Bonchev–Trinajstić information content (AvgIpc) is 2.99. The number of nitrogens with one attached hydrogen (secondary N) is 1. The molecule has 0 aliphatic carbocycles. The van der Waals surface area contributed by atoms with Gasteiger partial charge in [0.2, 0.25) is 0 Å². The van der Waals surface area contributed by atoms with Gasteiger partial charge in [-0.2, -0.15) is 0 Å². The molecule has 0 spiro atoms. The van der Waals surface area contributed by atoms with E-state index >= 15 is 0 Å². The number of benzene rings is 1. The van der Waals surface area contributed by atoms with Crippen molar-refractivity contribution in [2.45, 2.75) is 12.8 Å². The summed E-state index contributed by atoms with van der Waals surface area (Å²) in [7, 11) is 3.20. The molecule has 0 aliphatic heterocycles. The Hall–Kier alpha value is -1.27. The van der Waals surface area contributed by atoms with Crippen molar-refractivity contribution in [1.29, 1.82) is 0 Å². The summed E-state index contributed by atoms with van der Waals surface area (Å²) < 4.78 is 24.0. The van der Waals surface area contributed by atoms with Gasteiger partial charge in [0.05, 0.1) is 0 Å². The lowest BCUT2D eigenvalue weighted by atomic mass is 10.1. The highest BCUT2D eigenvalue weighted by atomic mass is 32.1. The van der Waals surface area contributed by atoms with Crippen LogP contribution in [0.4, 0.5) is 4.39 Å². The van der Waals surface area contributed by atoms with Crippen LogP contribution in [0.3, 0.4) is 0 Å². The van der Waals surface area contributed by atoms with E-state index in [1.165, 1.54) is 17.4 Å². The predicted molar refractivity (Wildman–Crippen MR) is 79.2 cm³/mol. The van der Waals surface area contributed by atoms with Crippen LogP contribution in [0.25, 0.3) is 10.4 Å². The van der Waals surface area contributed by atoms with Gasteiger partial charge in [0.1, 0.15) is 5.82 Å². The van der Waals surface area contributed by atoms with Gasteiger partial charge in [-0.25, -0.2) is 4.39 Å². The summed E-state index contributed by atoms with van der Waals surface area (Å²) in [4.78, 5) is 0.941. The topological polar surface area (TPSA) is 30.5 Å². The maximum Gasteiger partial charge on any atom is 0.169 e. The largest absolute Gasteiger partial charge is 0.355 e. The number of thiophene rings is 1. The molecule has 0 fully saturated rings. The molecule has 0 unspecified atom stereocenters. The highest BCUT2D eigenvalue weighted by Crippen LogP contribution is 2.28. The van der Waals surface area contributed by atoms with E-state index in [1.54, 1.807) is 20.3 Å². The summed E-state index contributed by atoms with van der Waals surface area (Å²) in [6.45, 7) is 1.22. The molecule has 0 atom stereocenters. The van der Waals surface area contributed by atoms with Gasteiger partial charge in [-0.05, 0) is 29.1 Å². The number of methoxy groups -OCH3 is 2. The Bertz CT molecular complexity index is 527. The van der Waals surface area contributed by atoms with Crippen LogP contribution in [-0.2, 0) is 16.0 Å². The molecule has 2 rings (SSSR count). The number of hydrogen-bond acceptors (Lipinski definition) is 4. The van der Waals surface area contributed by atoms with Crippen LogP contribution in [0.2, 0.25) is 0 Å². The molecule has 0 radical (unpaired) electrons. The third-order valence-electron chi connectivity index (χ3n) is 2.98. The van der Waals surface area contributed by atoms with Crippen molar-refractivity contribution in [3.8, 4) is 10.4 Å². The molecule has 20 heavy (non-hydrogen) atoms. The quantitative estimate of drug-likeness (QED) is 0.795. The third-order valence-corrected chi connectivity index (χ3v) is 3.89. The van der Waals surface area contributed by atoms with Gasteiger partial charge in [-0.3, -0.25) is 0 Å². The lowest BCUT2D eigenvalue weighted by Gasteiger charge is -2.14.